The first-order valence-electron chi connectivity index (χ1n) is 7.54. The van der Waals surface area contributed by atoms with Crippen molar-refractivity contribution in [3.05, 3.63) is 57.5 Å². The number of piperazine rings is 1. The topological polar surface area (TPSA) is 35.6 Å². The average Bonchev–Trinajstić information content (AvgIpc) is 2.58. The summed E-state index contributed by atoms with van der Waals surface area (Å²) in [6.45, 7) is 2.81. The van der Waals surface area contributed by atoms with Crippen molar-refractivity contribution in [3.8, 4) is 0 Å². The van der Waals surface area contributed by atoms with E-state index in [1.807, 2.05) is 24.3 Å². The third-order valence-electron chi connectivity index (χ3n) is 3.93. The number of nitrogens with zero attached hydrogens (tertiary/aromatic N) is 2. The van der Waals surface area contributed by atoms with Crippen LogP contribution in [-0.2, 0) is 0 Å². The van der Waals surface area contributed by atoms with Gasteiger partial charge < -0.3 is 15.1 Å². The lowest BCUT2D eigenvalue weighted by Crippen LogP contribution is -2.50. The number of halogens is 3. The molecule has 1 aliphatic heterocycles. The summed E-state index contributed by atoms with van der Waals surface area (Å²) < 4.78 is 0. The molecule has 1 saturated heterocycles. The van der Waals surface area contributed by atoms with Crippen molar-refractivity contribution in [2.75, 3.05) is 36.4 Å². The van der Waals surface area contributed by atoms with Gasteiger partial charge in [-0.2, -0.15) is 0 Å². The number of nitrogens with one attached hydrogen (secondary N) is 1. The minimum atomic E-state index is -0.157. The molecule has 24 heavy (non-hydrogen) atoms. The van der Waals surface area contributed by atoms with E-state index in [1.165, 1.54) is 0 Å². The first-order chi connectivity index (χ1) is 11.5. The third kappa shape index (κ3) is 4.07. The fraction of sp³-hybridized carbons (Fsp3) is 0.235. The van der Waals surface area contributed by atoms with Crippen LogP contribution in [0.5, 0.6) is 0 Å². The highest BCUT2D eigenvalue weighted by atomic mass is 35.5. The van der Waals surface area contributed by atoms with Crippen LogP contribution in [0.4, 0.5) is 16.2 Å². The van der Waals surface area contributed by atoms with Gasteiger partial charge in [0, 0.05) is 41.9 Å². The first-order valence-corrected chi connectivity index (χ1v) is 8.68. The lowest BCUT2D eigenvalue weighted by molar-refractivity contribution is 0.208. The third-order valence-corrected chi connectivity index (χ3v) is 4.73. The van der Waals surface area contributed by atoms with Crippen LogP contribution < -0.4 is 10.2 Å². The van der Waals surface area contributed by atoms with Gasteiger partial charge in [-0.25, -0.2) is 4.79 Å². The molecule has 126 valence electrons. The molecular formula is C17H16Cl3N3O. The molecule has 2 aromatic carbocycles. The normalized spacial score (nSPS) is 14.6. The van der Waals surface area contributed by atoms with Crippen molar-refractivity contribution in [1.29, 1.82) is 0 Å². The molecule has 1 heterocycles. The van der Waals surface area contributed by atoms with E-state index in [2.05, 4.69) is 10.2 Å². The smallest absolute Gasteiger partial charge is 0.322 e. The van der Waals surface area contributed by atoms with Gasteiger partial charge in [-0.1, -0.05) is 34.8 Å². The van der Waals surface area contributed by atoms with Crippen LogP contribution in [0.25, 0.3) is 0 Å². The Hall–Kier alpha value is -1.62. The van der Waals surface area contributed by atoms with Crippen LogP contribution in [0.2, 0.25) is 15.1 Å². The van der Waals surface area contributed by atoms with Crippen molar-refractivity contribution in [2.45, 2.75) is 0 Å². The number of rotatable bonds is 2. The van der Waals surface area contributed by atoms with Gasteiger partial charge in [0.2, 0.25) is 0 Å². The Kier molecular flexibility index (Phi) is 5.39. The maximum atomic E-state index is 12.4. The molecular weight excluding hydrogens is 369 g/mol. The molecule has 0 aliphatic carbocycles. The van der Waals surface area contributed by atoms with Gasteiger partial charge in [-0.3, -0.25) is 0 Å². The maximum Gasteiger partial charge on any atom is 0.322 e. The summed E-state index contributed by atoms with van der Waals surface area (Å²) >= 11 is 17.9. The van der Waals surface area contributed by atoms with Gasteiger partial charge in [0.15, 0.2) is 0 Å². The van der Waals surface area contributed by atoms with Crippen LogP contribution in [0.1, 0.15) is 0 Å². The monoisotopic (exact) mass is 383 g/mol. The van der Waals surface area contributed by atoms with Crippen molar-refractivity contribution in [2.24, 2.45) is 0 Å². The number of carbonyl (C=O) groups is 1. The molecule has 0 saturated carbocycles. The van der Waals surface area contributed by atoms with Gasteiger partial charge in [-0.15, -0.1) is 0 Å². The van der Waals surface area contributed by atoms with E-state index >= 15 is 0 Å². The second-order valence-corrected chi connectivity index (χ2v) is 6.78. The summed E-state index contributed by atoms with van der Waals surface area (Å²) in [5.41, 5.74) is 1.67. The molecule has 2 aromatic rings. The average molecular weight is 385 g/mol. The number of benzene rings is 2. The van der Waals surface area contributed by atoms with Crippen LogP contribution in [0.15, 0.2) is 42.5 Å². The molecule has 1 aliphatic rings. The zero-order valence-corrected chi connectivity index (χ0v) is 15.1. The summed E-state index contributed by atoms with van der Waals surface area (Å²) in [5.74, 6) is 0. The molecule has 7 heteroatoms. The second-order valence-electron chi connectivity index (χ2n) is 5.50. The summed E-state index contributed by atoms with van der Waals surface area (Å²) in [7, 11) is 0. The maximum absolute atomic E-state index is 12.4. The van der Waals surface area contributed by atoms with E-state index in [1.54, 1.807) is 23.1 Å². The molecule has 0 atom stereocenters. The van der Waals surface area contributed by atoms with E-state index in [9.17, 15) is 4.79 Å². The lowest BCUT2D eigenvalue weighted by atomic mass is 10.2. The molecule has 4 nitrogen and oxygen atoms in total. The van der Waals surface area contributed by atoms with Gasteiger partial charge in [-0.05, 0) is 42.5 Å². The number of hydrogen-bond acceptors (Lipinski definition) is 2. The van der Waals surface area contributed by atoms with Crippen molar-refractivity contribution < 1.29 is 4.79 Å². The van der Waals surface area contributed by atoms with E-state index in [0.717, 1.165) is 23.8 Å². The summed E-state index contributed by atoms with van der Waals surface area (Å²) in [6.07, 6.45) is 0. The van der Waals surface area contributed by atoms with E-state index in [4.69, 9.17) is 34.8 Å². The highest BCUT2D eigenvalue weighted by Gasteiger charge is 2.21. The van der Waals surface area contributed by atoms with Gasteiger partial charge in [0.05, 0.1) is 10.7 Å². The zero-order valence-electron chi connectivity index (χ0n) is 12.8. The van der Waals surface area contributed by atoms with Crippen LogP contribution in [-0.4, -0.2) is 37.1 Å². The van der Waals surface area contributed by atoms with Crippen LogP contribution in [0.3, 0.4) is 0 Å². The van der Waals surface area contributed by atoms with Gasteiger partial charge >= 0.3 is 6.03 Å². The predicted molar refractivity (Wildman–Crippen MR) is 101 cm³/mol. The fourth-order valence-electron chi connectivity index (χ4n) is 2.60. The molecule has 0 unspecified atom stereocenters. The van der Waals surface area contributed by atoms with E-state index in [0.29, 0.717) is 28.8 Å². The number of urea groups is 1. The molecule has 3 rings (SSSR count). The van der Waals surface area contributed by atoms with Crippen LogP contribution >= 0.6 is 34.8 Å². The standard InChI is InChI=1S/C17H16Cl3N3O/c18-12-1-4-14(5-2-12)22-7-9-23(10-8-22)17(24)21-16-6-3-13(19)11-15(16)20/h1-6,11H,7-10H2,(H,21,24). The lowest BCUT2D eigenvalue weighted by Gasteiger charge is -2.36. The molecule has 1 fully saturated rings. The number of carbonyl (C=O) groups excluding carboxylic acids is 1. The Balaban J connectivity index is 1.58. The summed E-state index contributed by atoms with van der Waals surface area (Å²) in [5, 5.41) is 4.51. The van der Waals surface area contributed by atoms with Gasteiger partial charge in [0.25, 0.3) is 0 Å². The Morgan fingerprint density at radius 2 is 1.50 bits per heavy atom. The van der Waals surface area contributed by atoms with E-state index in [-0.39, 0.29) is 6.03 Å². The number of amides is 2. The SMILES string of the molecule is O=C(Nc1ccc(Cl)cc1Cl)N1CCN(c2ccc(Cl)cc2)CC1. The minimum absolute atomic E-state index is 0.157. The minimum Gasteiger partial charge on any atom is -0.368 e. The Labute approximate surface area is 155 Å². The summed E-state index contributed by atoms with van der Waals surface area (Å²) in [4.78, 5) is 16.4. The Morgan fingerprint density at radius 1 is 0.875 bits per heavy atom. The first kappa shape index (κ1) is 17.2. The quantitative estimate of drug-likeness (QED) is 0.791. The van der Waals surface area contributed by atoms with Gasteiger partial charge in [0.1, 0.15) is 0 Å². The van der Waals surface area contributed by atoms with Crippen molar-refractivity contribution in [1.82, 2.24) is 4.90 Å². The van der Waals surface area contributed by atoms with Crippen molar-refractivity contribution >= 4 is 52.2 Å². The highest BCUT2D eigenvalue weighted by Crippen LogP contribution is 2.26. The predicted octanol–water partition coefficient (Wildman–Crippen LogP) is 5.00. The van der Waals surface area contributed by atoms with Crippen molar-refractivity contribution in [3.63, 3.8) is 0 Å². The largest absolute Gasteiger partial charge is 0.368 e. The number of anilines is 2. The molecule has 0 aromatic heterocycles. The molecule has 2 amide bonds. The zero-order chi connectivity index (χ0) is 17.1. The van der Waals surface area contributed by atoms with E-state index < -0.39 is 0 Å². The Morgan fingerprint density at radius 3 is 2.12 bits per heavy atom. The molecule has 0 bridgehead atoms. The Bertz CT molecular complexity index is 728. The number of hydrogen-bond donors (Lipinski definition) is 1. The second kappa shape index (κ2) is 7.51. The summed E-state index contributed by atoms with van der Waals surface area (Å²) in [6, 6.07) is 12.6. The van der Waals surface area contributed by atoms with Crippen LogP contribution in [0, 0.1) is 0 Å². The molecule has 0 radical (unpaired) electrons. The fourth-order valence-corrected chi connectivity index (χ4v) is 3.19. The molecule has 0 spiro atoms. The molecule has 1 N–H and O–H groups in total. The highest BCUT2D eigenvalue weighted by molar-refractivity contribution is 6.36.